The summed E-state index contributed by atoms with van der Waals surface area (Å²) in [5, 5.41) is 4.93. The number of ether oxygens (including phenoxy) is 2. The average molecular weight is 535 g/mol. The van der Waals surface area contributed by atoms with Crippen molar-refractivity contribution in [1.82, 2.24) is 10.3 Å². The Kier molecular flexibility index (Phi) is 10.7. The van der Waals surface area contributed by atoms with Crippen LogP contribution in [0.1, 0.15) is 39.3 Å². The highest BCUT2D eigenvalue weighted by Gasteiger charge is 2.38. The standard InChI is InChI=1S/C27H33F3N4O4/c1-6-7-16-34(27(28,29)30)23-18-21(33-25(36)37-5)11-12-22(23)19-13-15-31-20(17-19)10-8-9-14-32-24(35)38-26(2,3)4/h6,9,11-15,17-18H,1,7-8,10,16H2,2-5H3,(H,32,35)(H,33,36). The van der Waals surface area contributed by atoms with Crippen molar-refractivity contribution in [3.05, 3.63) is 67.2 Å². The normalized spacial score (nSPS) is 11.7. The Morgan fingerprint density at radius 1 is 1.11 bits per heavy atom. The van der Waals surface area contributed by atoms with Gasteiger partial charge < -0.3 is 9.47 Å². The van der Waals surface area contributed by atoms with Crippen LogP contribution >= 0.6 is 0 Å². The number of carbonyl (C=O) groups excluding carboxylic acids is 2. The average Bonchev–Trinajstić information content (AvgIpc) is 2.82. The van der Waals surface area contributed by atoms with E-state index in [0.29, 0.717) is 34.6 Å². The number of allylic oxidation sites excluding steroid dienone is 1. The number of benzene rings is 1. The van der Waals surface area contributed by atoms with Crippen LogP contribution in [0.5, 0.6) is 0 Å². The van der Waals surface area contributed by atoms with E-state index in [-0.39, 0.29) is 24.3 Å². The van der Waals surface area contributed by atoms with E-state index in [4.69, 9.17) is 4.74 Å². The van der Waals surface area contributed by atoms with Gasteiger partial charge in [0.05, 0.1) is 12.8 Å². The predicted molar refractivity (Wildman–Crippen MR) is 141 cm³/mol. The summed E-state index contributed by atoms with van der Waals surface area (Å²) in [6.45, 7) is 8.45. The fourth-order valence-corrected chi connectivity index (χ4v) is 3.38. The molecule has 0 unspecified atom stereocenters. The highest BCUT2D eigenvalue weighted by atomic mass is 19.4. The molecule has 0 saturated heterocycles. The Balaban J connectivity index is 2.30. The fourth-order valence-electron chi connectivity index (χ4n) is 3.38. The lowest BCUT2D eigenvalue weighted by Crippen LogP contribution is -2.39. The van der Waals surface area contributed by atoms with Gasteiger partial charge in [0.1, 0.15) is 5.60 Å². The Hall–Kier alpha value is -4.02. The molecule has 0 radical (unpaired) electrons. The first kappa shape index (κ1) is 30.2. The van der Waals surface area contributed by atoms with Gasteiger partial charge >= 0.3 is 18.5 Å². The largest absolute Gasteiger partial charge is 0.484 e. The van der Waals surface area contributed by atoms with E-state index in [9.17, 15) is 22.8 Å². The molecule has 0 aliphatic rings. The van der Waals surface area contributed by atoms with E-state index in [1.165, 1.54) is 36.7 Å². The molecule has 1 aromatic heterocycles. The van der Waals surface area contributed by atoms with Gasteiger partial charge in [-0.2, -0.15) is 13.2 Å². The predicted octanol–water partition coefficient (Wildman–Crippen LogP) is 6.80. The second kappa shape index (κ2) is 13.5. The number of pyridine rings is 1. The maximum atomic E-state index is 14.1. The van der Waals surface area contributed by atoms with Crippen molar-refractivity contribution in [2.45, 2.75) is 51.9 Å². The molecule has 2 rings (SSSR count). The number of rotatable bonds is 10. The fraction of sp³-hybridized carbons (Fsp3) is 0.370. The van der Waals surface area contributed by atoms with Crippen molar-refractivity contribution < 1.29 is 32.2 Å². The minimum atomic E-state index is -4.68. The summed E-state index contributed by atoms with van der Waals surface area (Å²) >= 11 is 0. The summed E-state index contributed by atoms with van der Waals surface area (Å²) in [7, 11) is 1.16. The first-order valence-corrected chi connectivity index (χ1v) is 11.9. The van der Waals surface area contributed by atoms with E-state index in [0.717, 1.165) is 7.11 Å². The molecule has 2 aromatic rings. The summed E-state index contributed by atoms with van der Waals surface area (Å²) in [5.41, 5.74) is 0.900. The molecule has 206 valence electrons. The van der Waals surface area contributed by atoms with Gasteiger partial charge in [-0.05, 0) is 69.9 Å². The van der Waals surface area contributed by atoms with Crippen molar-refractivity contribution in [3.8, 4) is 11.1 Å². The molecule has 8 nitrogen and oxygen atoms in total. The third-order valence-corrected chi connectivity index (χ3v) is 5.00. The first-order chi connectivity index (χ1) is 17.8. The van der Waals surface area contributed by atoms with Crippen LogP contribution in [0.25, 0.3) is 11.1 Å². The van der Waals surface area contributed by atoms with Gasteiger partial charge in [-0.3, -0.25) is 20.5 Å². The summed E-state index contributed by atoms with van der Waals surface area (Å²) in [4.78, 5) is 28.0. The van der Waals surface area contributed by atoms with Crippen LogP contribution in [0.3, 0.4) is 0 Å². The number of anilines is 2. The lowest BCUT2D eigenvalue weighted by Gasteiger charge is -2.29. The van der Waals surface area contributed by atoms with Gasteiger partial charge in [-0.1, -0.05) is 18.2 Å². The Bertz CT molecular complexity index is 1140. The summed E-state index contributed by atoms with van der Waals surface area (Å²) in [6.07, 6.45) is 1.20. The summed E-state index contributed by atoms with van der Waals surface area (Å²) in [5.74, 6) is 0. The van der Waals surface area contributed by atoms with Crippen LogP contribution in [0.4, 0.5) is 34.1 Å². The SMILES string of the molecule is C=CCCN(c1cc(NC(=O)OC)ccc1-c1ccnc(CCC=CNC(=O)OC(C)(C)C)c1)C(F)(F)F. The van der Waals surface area contributed by atoms with E-state index >= 15 is 0 Å². The van der Waals surface area contributed by atoms with Gasteiger partial charge in [-0.15, -0.1) is 6.58 Å². The molecule has 1 aromatic carbocycles. The molecule has 2 amide bonds. The van der Waals surface area contributed by atoms with Gasteiger partial charge in [0.2, 0.25) is 0 Å². The zero-order valence-electron chi connectivity index (χ0n) is 21.9. The summed E-state index contributed by atoms with van der Waals surface area (Å²) < 4.78 is 51.9. The van der Waals surface area contributed by atoms with E-state index in [1.54, 1.807) is 39.0 Å². The van der Waals surface area contributed by atoms with Gasteiger partial charge in [0.15, 0.2) is 0 Å². The van der Waals surface area contributed by atoms with Crippen molar-refractivity contribution in [1.29, 1.82) is 0 Å². The quantitative estimate of drug-likeness (QED) is 0.257. The number of carbonyl (C=O) groups is 2. The minimum Gasteiger partial charge on any atom is -0.453 e. The lowest BCUT2D eigenvalue weighted by molar-refractivity contribution is -0.129. The molecule has 0 bridgehead atoms. The molecule has 0 atom stereocenters. The summed E-state index contributed by atoms with van der Waals surface area (Å²) in [6, 6.07) is 7.61. The van der Waals surface area contributed by atoms with Crippen molar-refractivity contribution >= 4 is 23.6 Å². The van der Waals surface area contributed by atoms with Gasteiger partial charge in [-0.25, -0.2) is 9.59 Å². The van der Waals surface area contributed by atoms with Crippen LogP contribution in [0, 0.1) is 0 Å². The number of aryl methyl sites for hydroxylation is 1. The maximum absolute atomic E-state index is 14.1. The molecule has 1 heterocycles. The number of alkyl halides is 3. The second-order valence-electron chi connectivity index (χ2n) is 9.17. The number of nitrogens with one attached hydrogen (secondary N) is 2. The molecule has 0 fully saturated rings. The molecule has 0 saturated carbocycles. The third kappa shape index (κ3) is 9.79. The Labute approximate surface area is 220 Å². The van der Waals surface area contributed by atoms with E-state index < -0.39 is 24.1 Å². The van der Waals surface area contributed by atoms with Crippen LogP contribution < -0.4 is 15.5 Å². The molecule has 0 aliphatic heterocycles. The number of methoxy groups -OCH3 is 1. The molecular formula is C27H33F3N4O4. The molecule has 38 heavy (non-hydrogen) atoms. The zero-order valence-corrected chi connectivity index (χ0v) is 21.9. The highest BCUT2D eigenvalue weighted by Crippen LogP contribution is 2.39. The first-order valence-electron chi connectivity index (χ1n) is 11.9. The molecule has 11 heteroatoms. The molecular weight excluding hydrogens is 501 g/mol. The number of hydrogen-bond acceptors (Lipinski definition) is 6. The van der Waals surface area contributed by atoms with Crippen LogP contribution in [0.2, 0.25) is 0 Å². The monoisotopic (exact) mass is 534 g/mol. The Morgan fingerprint density at radius 3 is 2.47 bits per heavy atom. The van der Waals surface area contributed by atoms with Crippen LogP contribution in [-0.4, -0.2) is 42.7 Å². The number of hydrogen-bond donors (Lipinski definition) is 2. The molecule has 0 aliphatic carbocycles. The van der Waals surface area contributed by atoms with E-state index in [1.807, 2.05) is 0 Å². The van der Waals surface area contributed by atoms with Crippen molar-refractivity contribution in [3.63, 3.8) is 0 Å². The van der Waals surface area contributed by atoms with E-state index in [2.05, 4.69) is 26.9 Å². The number of aromatic nitrogens is 1. The van der Waals surface area contributed by atoms with Crippen LogP contribution in [0.15, 0.2) is 61.5 Å². The topological polar surface area (TPSA) is 92.8 Å². The lowest BCUT2D eigenvalue weighted by atomic mass is 10.0. The number of amides is 2. The maximum Gasteiger partial charge on any atom is 0.484 e. The minimum absolute atomic E-state index is 0.0961. The van der Waals surface area contributed by atoms with Crippen molar-refractivity contribution in [2.24, 2.45) is 0 Å². The number of nitrogens with zero attached hydrogens (tertiary/aromatic N) is 2. The Morgan fingerprint density at radius 2 is 1.84 bits per heavy atom. The molecule has 2 N–H and O–H groups in total. The second-order valence-corrected chi connectivity index (χ2v) is 9.17. The van der Waals surface area contributed by atoms with Gasteiger partial charge in [0, 0.05) is 35.9 Å². The number of alkyl carbamates (subject to hydrolysis) is 1. The smallest absolute Gasteiger partial charge is 0.453 e. The van der Waals surface area contributed by atoms with Crippen LogP contribution in [-0.2, 0) is 15.9 Å². The highest BCUT2D eigenvalue weighted by molar-refractivity contribution is 5.88. The van der Waals surface area contributed by atoms with Gasteiger partial charge in [0.25, 0.3) is 0 Å². The number of halogens is 3. The molecule has 0 spiro atoms. The zero-order chi connectivity index (χ0) is 28.3. The van der Waals surface area contributed by atoms with Crippen molar-refractivity contribution in [2.75, 3.05) is 23.9 Å². The third-order valence-electron chi connectivity index (χ3n) is 5.00.